The van der Waals surface area contributed by atoms with Crippen LogP contribution >= 0.6 is 23.1 Å². The van der Waals surface area contributed by atoms with Crippen LogP contribution in [0.3, 0.4) is 0 Å². The van der Waals surface area contributed by atoms with Gasteiger partial charge in [0.1, 0.15) is 4.83 Å². The summed E-state index contributed by atoms with van der Waals surface area (Å²) >= 11 is 2.69. The van der Waals surface area contributed by atoms with Gasteiger partial charge in [-0.25, -0.2) is 4.98 Å². The summed E-state index contributed by atoms with van der Waals surface area (Å²) < 4.78 is 1.60. The lowest BCUT2D eigenvalue weighted by Crippen LogP contribution is -2.23. The number of anilines is 1. The zero-order valence-electron chi connectivity index (χ0n) is 17.9. The smallest absolute Gasteiger partial charge is 0.267 e. The molecule has 0 radical (unpaired) electrons. The van der Waals surface area contributed by atoms with E-state index in [0.29, 0.717) is 32.5 Å². The Morgan fingerprint density at radius 3 is 2.58 bits per heavy atom. The quantitative estimate of drug-likeness (QED) is 0.224. The second-order valence-electron chi connectivity index (χ2n) is 7.95. The number of carbonyl (C=O) groups excluding carboxylic acids is 2. The first kappa shape index (κ1) is 21.6. The molecule has 1 aliphatic carbocycles. The van der Waals surface area contributed by atoms with E-state index in [2.05, 4.69) is 5.32 Å². The number of nitrogens with one attached hydrogen (secondary N) is 1. The van der Waals surface area contributed by atoms with E-state index < -0.39 is 0 Å². The highest BCUT2D eigenvalue weighted by atomic mass is 32.2. The molecule has 8 heteroatoms. The van der Waals surface area contributed by atoms with Crippen molar-refractivity contribution in [2.75, 3.05) is 11.1 Å². The predicted octanol–water partition coefficient (Wildman–Crippen LogP) is 5.26. The first-order valence-electron chi connectivity index (χ1n) is 10.6. The number of nitrogens with zero attached hydrogens (tertiary/aromatic N) is 2. The molecule has 4 aromatic rings. The number of para-hydroxylation sites is 2. The number of Topliss-reactive ketones (excluding diaryl/α,β-unsaturated/α-hetero) is 1. The average molecular weight is 476 g/mol. The van der Waals surface area contributed by atoms with E-state index in [1.165, 1.54) is 30.0 Å². The Balaban J connectivity index is 1.47. The minimum absolute atomic E-state index is 0.0534. The number of thioether (sulfide) groups is 1. The van der Waals surface area contributed by atoms with Crippen molar-refractivity contribution in [3.8, 4) is 5.69 Å². The fourth-order valence-corrected chi connectivity index (χ4v) is 5.68. The lowest BCUT2D eigenvalue weighted by atomic mass is 10.1. The number of ketones is 1. The number of aromatic nitrogens is 2. The van der Waals surface area contributed by atoms with E-state index in [1.54, 1.807) is 28.8 Å². The summed E-state index contributed by atoms with van der Waals surface area (Å²) in [5, 5.41) is 6.02. The summed E-state index contributed by atoms with van der Waals surface area (Å²) in [6.45, 7) is 1.47. The van der Waals surface area contributed by atoms with Crippen LogP contribution in [0.4, 0.5) is 5.69 Å². The van der Waals surface area contributed by atoms with E-state index >= 15 is 0 Å². The zero-order chi connectivity index (χ0) is 22.9. The predicted molar refractivity (Wildman–Crippen MR) is 133 cm³/mol. The number of carbonyl (C=O) groups is 2. The monoisotopic (exact) mass is 475 g/mol. The molecular weight excluding hydrogens is 454 g/mol. The lowest BCUT2D eigenvalue weighted by Gasteiger charge is -2.13. The first-order chi connectivity index (χ1) is 16.0. The van der Waals surface area contributed by atoms with Crippen molar-refractivity contribution in [3.63, 3.8) is 0 Å². The van der Waals surface area contributed by atoms with Gasteiger partial charge in [0, 0.05) is 5.56 Å². The van der Waals surface area contributed by atoms with Crippen LogP contribution in [-0.2, 0) is 4.79 Å². The molecule has 0 spiro atoms. The highest BCUT2D eigenvalue weighted by molar-refractivity contribution is 7.99. The molecule has 2 aromatic heterocycles. The molecule has 0 saturated heterocycles. The van der Waals surface area contributed by atoms with Crippen molar-refractivity contribution in [2.24, 2.45) is 0 Å². The minimum Gasteiger partial charge on any atom is -0.325 e. The van der Waals surface area contributed by atoms with Crippen LogP contribution < -0.4 is 10.9 Å². The van der Waals surface area contributed by atoms with Crippen LogP contribution in [0.5, 0.6) is 0 Å². The molecule has 1 fully saturated rings. The Hall–Kier alpha value is -3.23. The molecule has 6 nitrogen and oxygen atoms in total. The first-order valence-corrected chi connectivity index (χ1v) is 12.5. The Morgan fingerprint density at radius 2 is 1.85 bits per heavy atom. The van der Waals surface area contributed by atoms with Gasteiger partial charge in [0.15, 0.2) is 10.9 Å². The van der Waals surface area contributed by atoms with Crippen LogP contribution in [0.1, 0.15) is 41.6 Å². The molecule has 0 atom stereocenters. The number of rotatable bonds is 7. The summed E-state index contributed by atoms with van der Waals surface area (Å²) in [6, 6.07) is 16.3. The number of thiophene rings is 1. The Bertz CT molecular complexity index is 1420. The summed E-state index contributed by atoms with van der Waals surface area (Å²) in [7, 11) is 0. The third kappa shape index (κ3) is 4.36. The number of fused-ring (bicyclic) bond motifs is 1. The molecular formula is C25H21N3O3S2. The fraction of sp³-hybridized carbons (Fsp3) is 0.200. The largest absolute Gasteiger partial charge is 0.325 e. The second kappa shape index (κ2) is 8.96. The molecule has 1 amide bonds. The summed E-state index contributed by atoms with van der Waals surface area (Å²) in [5.74, 6) is 0.112. The van der Waals surface area contributed by atoms with Gasteiger partial charge in [-0.05, 0) is 60.9 Å². The van der Waals surface area contributed by atoms with Crippen molar-refractivity contribution in [1.82, 2.24) is 9.55 Å². The highest BCUT2D eigenvalue weighted by Gasteiger charge is 2.29. The van der Waals surface area contributed by atoms with E-state index in [1.807, 2.05) is 35.7 Å². The van der Waals surface area contributed by atoms with Crippen LogP contribution in [0.15, 0.2) is 69.9 Å². The van der Waals surface area contributed by atoms with Crippen LogP contribution in [0.25, 0.3) is 15.9 Å². The van der Waals surface area contributed by atoms with Gasteiger partial charge in [0.2, 0.25) is 5.91 Å². The summed E-state index contributed by atoms with van der Waals surface area (Å²) in [4.78, 5) is 43.6. The number of hydrogen-bond donors (Lipinski definition) is 1. The van der Waals surface area contributed by atoms with Crippen molar-refractivity contribution < 1.29 is 9.59 Å². The van der Waals surface area contributed by atoms with Gasteiger partial charge in [-0.2, -0.15) is 0 Å². The van der Waals surface area contributed by atoms with Crippen LogP contribution in [0.2, 0.25) is 0 Å². The SMILES string of the molecule is CC(=O)c1ccccc1NC(=O)CSc1nc2scc(C3CC3)c2c(=O)n1-c1ccccc1. The maximum atomic E-state index is 13.6. The van der Waals surface area contributed by atoms with Gasteiger partial charge in [-0.15, -0.1) is 11.3 Å². The van der Waals surface area contributed by atoms with E-state index in [4.69, 9.17) is 4.98 Å². The maximum absolute atomic E-state index is 13.6. The third-order valence-corrected chi connectivity index (χ3v) is 7.38. The van der Waals surface area contributed by atoms with Gasteiger partial charge < -0.3 is 5.32 Å². The van der Waals surface area contributed by atoms with Gasteiger partial charge in [0.25, 0.3) is 5.56 Å². The molecule has 1 aliphatic rings. The van der Waals surface area contributed by atoms with Gasteiger partial charge in [0.05, 0.1) is 22.5 Å². The molecule has 1 saturated carbocycles. The molecule has 5 rings (SSSR count). The molecule has 0 unspecified atom stereocenters. The lowest BCUT2D eigenvalue weighted by molar-refractivity contribution is -0.113. The van der Waals surface area contributed by atoms with E-state index in [9.17, 15) is 14.4 Å². The third-order valence-electron chi connectivity index (χ3n) is 5.55. The minimum atomic E-state index is -0.271. The Morgan fingerprint density at radius 1 is 1.12 bits per heavy atom. The number of amides is 1. The highest BCUT2D eigenvalue weighted by Crippen LogP contribution is 2.44. The molecule has 1 N–H and O–H groups in total. The fourth-order valence-electron chi connectivity index (χ4n) is 3.81. The van der Waals surface area contributed by atoms with E-state index in [0.717, 1.165) is 24.1 Å². The van der Waals surface area contributed by atoms with Crippen molar-refractivity contribution in [2.45, 2.75) is 30.8 Å². The van der Waals surface area contributed by atoms with Crippen LogP contribution in [-0.4, -0.2) is 27.0 Å². The number of hydrogen-bond acceptors (Lipinski definition) is 6. The van der Waals surface area contributed by atoms with Crippen molar-refractivity contribution >= 4 is 50.7 Å². The molecule has 0 aliphatic heterocycles. The van der Waals surface area contributed by atoms with Crippen LogP contribution in [0, 0.1) is 0 Å². The average Bonchev–Trinajstić information content (AvgIpc) is 3.57. The second-order valence-corrected chi connectivity index (χ2v) is 9.76. The normalized spacial score (nSPS) is 13.2. The van der Waals surface area contributed by atoms with Gasteiger partial charge in [-0.3, -0.25) is 19.0 Å². The molecule has 2 heterocycles. The van der Waals surface area contributed by atoms with Crippen molar-refractivity contribution in [3.05, 3.63) is 81.5 Å². The molecule has 0 bridgehead atoms. The zero-order valence-corrected chi connectivity index (χ0v) is 19.5. The van der Waals surface area contributed by atoms with Crippen molar-refractivity contribution in [1.29, 1.82) is 0 Å². The Labute approximate surface area is 198 Å². The summed E-state index contributed by atoms with van der Waals surface area (Å²) in [6.07, 6.45) is 2.21. The van der Waals surface area contributed by atoms with Gasteiger partial charge in [-0.1, -0.05) is 42.1 Å². The molecule has 2 aromatic carbocycles. The molecule has 166 valence electrons. The Kier molecular flexibility index (Phi) is 5.86. The standard InChI is InChI=1S/C25H21N3O3S2/c1-15(29)18-9-5-6-10-20(18)26-21(30)14-33-25-27-23-22(19(13-32-23)16-11-12-16)24(31)28(25)17-7-3-2-4-8-17/h2-10,13,16H,11-12,14H2,1H3,(H,26,30). The number of benzene rings is 2. The topological polar surface area (TPSA) is 81.1 Å². The molecule has 33 heavy (non-hydrogen) atoms. The summed E-state index contributed by atoms with van der Waals surface area (Å²) in [5.41, 5.74) is 2.65. The van der Waals surface area contributed by atoms with Gasteiger partial charge >= 0.3 is 0 Å². The van der Waals surface area contributed by atoms with E-state index in [-0.39, 0.29) is 23.0 Å². The maximum Gasteiger partial charge on any atom is 0.267 e.